The molecule has 0 heterocycles. The third-order valence-electron chi connectivity index (χ3n) is 3.29. The highest BCUT2D eigenvalue weighted by Gasteiger charge is 2.19. The van der Waals surface area contributed by atoms with E-state index in [1.54, 1.807) is 4.90 Å². The first-order chi connectivity index (χ1) is 9.36. The van der Waals surface area contributed by atoms with Crippen LogP contribution in [0.1, 0.15) is 42.3 Å². The molecule has 20 heavy (non-hydrogen) atoms. The van der Waals surface area contributed by atoms with Crippen molar-refractivity contribution in [2.75, 3.05) is 13.1 Å². The van der Waals surface area contributed by atoms with Gasteiger partial charge >= 0.3 is 0 Å². The van der Waals surface area contributed by atoms with Gasteiger partial charge in [-0.25, -0.2) is 0 Å². The second-order valence-electron chi connectivity index (χ2n) is 5.29. The Kier molecular flexibility index (Phi) is 5.74. The van der Waals surface area contributed by atoms with Crippen molar-refractivity contribution in [1.82, 2.24) is 10.2 Å². The molecule has 2 amide bonds. The van der Waals surface area contributed by atoms with Crippen LogP contribution in [-0.4, -0.2) is 35.8 Å². The van der Waals surface area contributed by atoms with Crippen LogP contribution in [0.15, 0.2) is 18.2 Å². The van der Waals surface area contributed by atoms with E-state index in [2.05, 4.69) is 5.32 Å². The predicted octanol–water partition coefficient (Wildman–Crippen LogP) is 2.29. The fourth-order valence-electron chi connectivity index (χ4n) is 2.02. The molecule has 0 aliphatic carbocycles. The molecule has 0 spiro atoms. The van der Waals surface area contributed by atoms with E-state index in [1.165, 1.54) is 0 Å². The highest BCUT2D eigenvalue weighted by Crippen LogP contribution is 2.15. The molecule has 0 aromatic heterocycles. The van der Waals surface area contributed by atoms with Crippen molar-refractivity contribution in [2.24, 2.45) is 0 Å². The Bertz CT molecular complexity index is 495. The molecule has 1 rings (SSSR count). The Balaban J connectivity index is 2.87. The normalized spacial score (nSPS) is 10.5. The largest absolute Gasteiger partial charge is 0.352 e. The molecule has 0 aliphatic heterocycles. The maximum atomic E-state index is 12.5. The van der Waals surface area contributed by atoms with Crippen molar-refractivity contribution < 1.29 is 9.59 Å². The van der Waals surface area contributed by atoms with Crippen molar-refractivity contribution in [3.05, 3.63) is 34.9 Å². The summed E-state index contributed by atoms with van der Waals surface area (Å²) >= 11 is 0. The molecule has 4 heteroatoms. The lowest BCUT2D eigenvalue weighted by atomic mass is 10.0. The van der Waals surface area contributed by atoms with E-state index in [0.717, 1.165) is 11.1 Å². The number of nitrogens with one attached hydrogen (secondary N) is 1. The van der Waals surface area contributed by atoms with Gasteiger partial charge in [0, 0.05) is 18.2 Å². The SMILES string of the molecule is CCN(CC(=O)NC(C)C)C(=O)c1cccc(C)c1C. The number of carbonyl (C=O) groups is 2. The zero-order chi connectivity index (χ0) is 15.3. The summed E-state index contributed by atoms with van der Waals surface area (Å²) in [5, 5.41) is 2.81. The fourth-order valence-corrected chi connectivity index (χ4v) is 2.02. The van der Waals surface area contributed by atoms with Gasteiger partial charge in [-0.1, -0.05) is 12.1 Å². The lowest BCUT2D eigenvalue weighted by Crippen LogP contribution is -2.42. The minimum absolute atomic E-state index is 0.0806. The van der Waals surface area contributed by atoms with E-state index in [-0.39, 0.29) is 24.4 Å². The van der Waals surface area contributed by atoms with Gasteiger partial charge in [0.15, 0.2) is 0 Å². The summed E-state index contributed by atoms with van der Waals surface area (Å²) in [7, 11) is 0. The second-order valence-corrected chi connectivity index (χ2v) is 5.29. The number of hydrogen-bond donors (Lipinski definition) is 1. The molecule has 1 aromatic carbocycles. The van der Waals surface area contributed by atoms with Crippen LogP contribution in [0.4, 0.5) is 0 Å². The van der Waals surface area contributed by atoms with Gasteiger partial charge in [0.2, 0.25) is 5.91 Å². The number of rotatable bonds is 5. The van der Waals surface area contributed by atoms with E-state index in [4.69, 9.17) is 0 Å². The van der Waals surface area contributed by atoms with Crippen LogP contribution in [0.5, 0.6) is 0 Å². The second kappa shape index (κ2) is 7.08. The summed E-state index contributed by atoms with van der Waals surface area (Å²) in [6, 6.07) is 5.75. The molecule has 4 nitrogen and oxygen atoms in total. The average Bonchev–Trinajstić information content (AvgIpc) is 2.37. The summed E-state index contributed by atoms with van der Waals surface area (Å²) in [5.41, 5.74) is 2.72. The van der Waals surface area contributed by atoms with E-state index < -0.39 is 0 Å². The monoisotopic (exact) mass is 276 g/mol. The number of amides is 2. The molecular weight excluding hydrogens is 252 g/mol. The van der Waals surface area contributed by atoms with E-state index in [0.29, 0.717) is 12.1 Å². The summed E-state index contributed by atoms with van der Waals surface area (Å²) in [6.07, 6.45) is 0. The minimum atomic E-state index is -0.125. The Hall–Kier alpha value is -1.84. The van der Waals surface area contributed by atoms with Crippen LogP contribution in [0.25, 0.3) is 0 Å². The summed E-state index contributed by atoms with van der Waals surface area (Å²) in [4.78, 5) is 25.9. The zero-order valence-electron chi connectivity index (χ0n) is 13.0. The number of aryl methyl sites for hydroxylation is 1. The molecule has 0 radical (unpaired) electrons. The Morgan fingerprint density at radius 2 is 1.90 bits per heavy atom. The lowest BCUT2D eigenvalue weighted by molar-refractivity contribution is -0.122. The van der Waals surface area contributed by atoms with Crippen molar-refractivity contribution in [3.63, 3.8) is 0 Å². The number of nitrogens with zero attached hydrogens (tertiary/aromatic N) is 1. The molecule has 0 bridgehead atoms. The number of carbonyl (C=O) groups excluding carboxylic acids is 2. The first-order valence-corrected chi connectivity index (χ1v) is 7.01. The molecule has 0 saturated carbocycles. The van der Waals surface area contributed by atoms with Crippen LogP contribution in [0, 0.1) is 13.8 Å². The molecule has 1 aromatic rings. The van der Waals surface area contributed by atoms with E-state index in [1.807, 2.05) is 52.8 Å². The number of hydrogen-bond acceptors (Lipinski definition) is 2. The van der Waals surface area contributed by atoms with Crippen molar-refractivity contribution in [3.8, 4) is 0 Å². The van der Waals surface area contributed by atoms with Gasteiger partial charge in [-0.2, -0.15) is 0 Å². The van der Waals surface area contributed by atoms with Gasteiger partial charge in [0.1, 0.15) is 0 Å². The van der Waals surface area contributed by atoms with Gasteiger partial charge in [0.05, 0.1) is 6.54 Å². The first kappa shape index (κ1) is 16.2. The Labute approximate surface area is 121 Å². The standard InChI is InChI=1S/C16H24N2O2/c1-6-18(10-15(19)17-11(2)3)16(20)14-9-7-8-12(4)13(14)5/h7-9,11H,6,10H2,1-5H3,(H,17,19). The molecule has 0 fully saturated rings. The van der Waals surface area contributed by atoms with E-state index in [9.17, 15) is 9.59 Å². The van der Waals surface area contributed by atoms with Gasteiger partial charge in [0.25, 0.3) is 5.91 Å². The van der Waals surface area contributed by atoms with Crippen LogP contribution >= 0.6 is 0 Å². The van der Waals surface area contributed by atoms with Crippen LogP contribution in [0.2, 0.25) is 0 Å². The molecule has 0 saturated heterocycles. The molecule has 0 aliphatic rings. The van der Waals surface area contributed by atoms with Crippen LogP contribution < -0.4 is 5.32 Å². The van der Waals surface area contributed by atoms with Crippen molar-refractivity contribution in [2.45, 2.75) is 40.7 Å². The topological polar surface area (TPSA) is 49.4 Å². The molecule has 0 atom stereocenters. The number of likely N-dealkylation sites (N-methyl/N-ethyl adjacent to an activating group) is 1. The smallest absolute Gasteiger partial charge is 0.254 e. The number of benzene rings is 1. The van der Waals surface area contributed by atoms with Crippen LogP contribution in [0.3, 0.4) is 0 Å². The lowest BCUT2D eigenvalue weighted by Gasteiger charge is -2.22. The molecule has 110 valence electrons. The van der Waals surface area contributed by atoms with Crippen molar-refractivity contribution in [1.29, 1.82) is 0 Å². The van der Waals surface area contributed by atoms with E-state index >= 15 is 0 Å². The molecule has 1 N–H and O–H groups in total. The highest BCUT2D eigenvalue weighted by atomic mass is 16.2. The summed E-state index contributed by atoms with van der Waals surface area (Å²) < 4.78 is 0. The van der Waals surface area contributed by atoms with Gasteiger partial charge in [-0.05, 0) is 51.8 Å². The highest BCUT2D eigenvalue weighted by molar-refractivity contribution is 5.98. The predicted molar refractivity (Wildman–Crippen MR) is 80.8 cm³/mol. The van der Waals surface area contributed by atoms with Crippen molar-refractivity contribution >= 4 is 11.8 Å². The maximum absolute atomic E-state index is 12.5. The average molecular weight is 276 g/mol. The first-order valence-electron chi connectivity index (χ1n) is 7.01. The summed E-state index contributed by atoms with van der Waals surface area (Å²) in [6.45, 7) is 10.2. The molecule has 0 unspecified atom stereocenters. The Morgan fingerprint density at radius 3 is 2.45 bits per heavy atom. The van der Waals surface area contributed by atoms with Crippen LogP contribution in [-0.2, 0) is 4.79 Å². The van der Waals surface area contributed by atoms with Gasteiger partial charge < -0.3 is 10.2 Å². The zero-order valence-corrected chi connectivity index (χ0v) is 13.0. The maximum Gasteiger partial charge on any atom is 0.254 e. The third-order valence-corrected chi connectivity index (χ3v) is 3.29. The molecular formula is C16H24N2O2. The van der Waals surface area contributed by atoms with Gasteiger partial charge in [-0.3, -0.25) is 9.59 Å². The van der Waals surface area contributed by atoms with Gasteiger partial charge in [-0.15, -0.1) is 0 Å². The minimum Gasteiger partial charge on any atom is -0.352 e. The summed E-state index contributed by atoms with van der Waals surface area (Å²) in [5.74, 6) is -0.215. The fraction of sp³-hybridized carbons (Fsp3) is 0.500. The quantitative estimate of drug-likeness (QED) is 0.897. The third kappa shape index (κ3) is 4.08. The Morgan fingerprint density at radius 1 is 1.25 bits per heavy atom.